The van der Waals surface area contributed by atoms with Crippen LogP contribution in [0.2, 0.25) is 0 Å². The number of fused-ring (bicyclic) bond motifs is 3. The van der Waals surface area contributed by atoms with Gasteiger partial charge in [-0.15, -0.1) is 0 Å². The zero-order chi connectivity index (χ0) is 17.1. The summed E-state index contributed by atoms with van der Waals surface area (Å²) in [5, 5.41) is 6.72. The van der Waals surface area contributed by atoms with Gasteiger partial charge in [-0.3, -0.25) is 4.79 Å². The smallest absolute Gasteiger partial charge is 0.254 e. The van der Waals surface area contributed by atoms with Crippen LogP contribution in [0.1, 0.15) is 35.2 Å². The molecule has 25 heavy (non-hydrogen) atoms. The third kappa shape index (κ3) is 2.36. The van der Waals surface area contributed by atoms with E-state index in [4.69, 9.17) is 0 Å². The van der Waals surface area contributed by atoms with Gasteiger partial charge in [0.2, 0.25) is 0 Å². The largest absolute Gasteiger partial charge is 0.366 e. The molecular formula is C18H22F2N4O. The van der Waals surface area contributed by atoms with Crippen molar-refractivity contribution in [2.24, 2.45) is 0 Å². The van der Waals surface area contributed by atoms with Crippen molar-refractivity contribution in [2.75, 3.05) is 31.1 Å². The van der Waals surface area contributed by atoms with Crippen LogP contribution in [-0.2, 0) is 6.54 Å². The molecule has 3 atom stereocenters. The van der Waals surface area contributed by atoms with Crippen LogP contribution in [0.4, 0.5) is 14.5 Å². The highest BCUT2D eigenvalue weighted by Crippen LogP contribution is 2.39. The first-order valence-corrected chi connectivity index (χ1v) is 9.15. The van der Waals surface area contributed by atoms with Gasteiger partial charge in [0.15, 0.2) is 11.6 Å². The topological polar surface area (TPSA) is 47.6 Å². The fourth-order valence-corrected chi connectivity index (χ4v) is 4.82. The monoisotopic (exact) mass is 348 g/mol. The molecule has 5 aliphatic rings. The molecule has 1 aromatic carbocycles. The average Bonchev–Trinajstić information content (AvgIpc) is 2.92. The van der Waals surface area contributed by atoms with E-state index in [1.807, 2.05) is 4.90 Å². The first-order valence-electron chi connectivity index (χ1n) is 9.15. The highest BCUT2D eigenvalue weighted by molar-refractivity contribution is 6.00. The molecule has 5 heterocycles. The summed E-state index contributed by atoms with van der Waals surface area (Å²) in [6.45, 7) is 3.43. The molecule has 7 heteroatoms. The molecule has 1 amide bonds. The van der Waals surface area contributed by atoms with Gasteiger partial charge >= 0.3 is 0 Å². The maximum absolute atomic E-state index is 14.7. The Morgan fingerprint density at radius 1 is 1.20 bits per heavy atom. The summed E-state index contributed by atoms with van der Waals surface area (Å²) in [6.07, 6.45) is 3.04. The lowest BCUT2D eigenvalue weighted by Gasteiger charge is -2.49. The summed E-state index contributed by atoms with van der Waals surface area (Å²) >= 11 is 0. The molecule has 5 aliphatic heterocycles. The minimum Gasteiger partial charge on any atom is -0.366 e. The summed E-state index contributed by atoms with van der Waals surface area (Å²) in [7, 11) is 0. The van der Waals surface area contributed by atoms with Crippen molar-refractivity contribution < 1.29 is 13.6 Å². The number of benzene rings is 1. The first kappa shape index (κ1) is 15.5. The number of nitrogens with one attached hydrogen (secondary N) is 2. The highest BCUT2D eigenvalue weighted by atomic mass is 19.2. The lowest BCUT2D eigenvalue weighted by Crippen LogP contribution is -2.67. The fourth-order valence-electron chi connectivity index (χ4n) is 4.82. The van der Waals surface area contributed by atoms with E-state index in [0.29, 0.717) is 48.5 Å². The molecule has 0 saturated carbocycles. The Hall–Kier alpha value is -1.73. The quantitative estimate of drug-likeness (QED) is 0.844. The van der Waals surface area contributed by atoms with Crippen LogP contribution < -0.4 is 15.5 Å². The molecule has 0 spiro atoms. The molecule has 4 fully saturated rings. The van der Waals surface area contributed by atoms with E-state index in [1.165, 1.54) is 0 Å². The standard InChI is InChI=1S/C18H22F2N4O/c19-15-5-13-14(9-24(18(13)25)12-2-1-3-21-6-12)17(16(15)20)23-7-10-4-11(8-23)22-10/h5,10-12,21-22H,1-4,6-9H2. The molecule has 6 rings (SSSR count). The first-order chi connectivity index (χ1) is 12.1. The van der Waals surface area contributed by atoms with E-state index >= 15 is 0 Å². The van der Waals surface area contributed by atoms with Gasteiger partial charge in [0.05, 0.1) is 5.69 Å². The molecule has 134 valence electrons. The third-order valence-electron chi connectivity index (χ3n) is 6.07. The van der Waals surface area contributed by atoms with Crippen LogP contribution in [0, 0.1) is 11.6 Å². The SMILES string of the molecule is O=C1c2cc(F)c(F)c(N3CC4CC(C3)N4)c2CN1C1CCCNC1. The summed E-state index contributed by atoms with van der Waals surface area (Å²) in [5.41, 5.74) is 1.31. The van der Waals surface area contributed by atoms with Gasteiger partial charge in [0.25, 0.3) is 5.91 Å². The second-order valence-electron chi connectivity index (χ2n) is 7.68. The Morgan fingerprint density at radius 3 is 2.64 bits per heavy atom. The Kier molecular flexibility index (Phi) is 3.50. The zero-order valence-corrected chi connectivity index (χ0v) is 14.0. The number of hydrogen-bond donors (Lipinski definition) is 2. The van der Waals surface area contributed by atoms with Crippen molar-refractivity contribution in [1.82, 2.24) is 15.5 Å². The molecule has 0 aliphatic carbocycles. The molecular weight excluding hydrogens is 326 g/mol. The molecule has 5 nitrogen and oxygen atoms in total. The fraction of sp³-hybridized carbons (Fsp3) is 0.611. The van der Waals surface area contributed by atoms with E-state index in [2.05, 4.69) is 10.6 Å². The number of nitrogens with zero attached hydrogens (tertiary/aromatic N) is 2. The number of rotatable bonds is 2. The third-order valence-corrected chi connectivity index (χ3v) is 6.07. The molecule has 2 bridgehead atoms. The van der Waals surface area contributed by atoms with E-state index in [9.17, 15) is 13.6 Å². The minimum atomic E-state index is -0.919. The van der Waals surface area contributed by atoms with Crippen LogP contribution in [0.25, 0.3) is 0 Å². The molecule has 4 saturated heterocycles. The molecule has 2 N–H and O–H groups in total. The van der Waals surface area contributed by atoms with Gasteiger partial charge in [-0.25, -0.2) is 8.78 Å². The van der Waals surface area contributed by atoms with Crippen LogP contribution in [0.3, 0.4) is 0 Å². The number of piperidine rings is 2. The van der Waals surface area contributed by atoms with E-state index in [1.54, 1.807) is 4.90 Å². The number of amides is 1. The highest BCUT2D eigenvalue weighted by Gasteiger charge is 2.42. The Labute approximate surface area is 145 Å². The van der Waals surface area contributed by atoms with Crippen LogP contribution in [0.15, 0.2) is 6.07 Å². The number of piperazine rings is 1. The maximum atomic E-state index is 14.7. The van der Waals surface area contributed by atoms with Crippen molar-refractivity contribution in [3.05, 3.63) is 28.8 Å². The predicted molar refractivity (Wildman–Crippen MR) is 89.7 cm³/mol. The lowest BCUT2D eigenvalue weighted by molar-refractivity contribution is 0.0674. The molecule has 1 aromatic rings. The molecule has 3 unspecified atom stereocenters. The zero-order valence-electron chi connectivity index (χ0n) is 14.0. The number of carbonyl (C=O) groups is 1. The molecule has 0 radical (unpaired) electrons. The predicted octanol–water partition coefficient (Wildman–Crippen LogP) is 1.22. The Morgan fingerprint density at radius 2 is 1.96 bits per heavy atom. The minimum absolute atomic E-state index is 0.101. The van der Waals surface area contributed by atoms with Crippen LogP contribution in [0.5, 0.6) is 0 Å². The van der Waals surface area contributed by atoms with Gasteiger partial charge < -0.3 is 20.4 Å². The summed E-state index contributed by atoms with van der Waals surface area (Å²) in [4.78, 5) is 16.6. The van der Waals surface area contributed by atoms with Crippen LogP contribution >= 0.6 is 0 Å². The number of carbonyl (C=O) groups excluding carboxylic acids is 1. The van der Waals surface area contributed by atoms with Gasteiger partial charge in [-0.1, -0.05) is 0 Å². The van der Waals surface area contributed by atoms with Gasteiger partial charge in [0.1, 0.15) is 0 Å². The summed E-state index contributed by atoms with van der Waals surface area (Å²) in [6, 6.07) is 1.88. The number of hydrogen-bond acceptors (Lipinski definition) is 4. The van der Waals surface area contributed by atoms with E-state index in [0.717, 1.165) is 38.4 Å². The van der Waals surface area contributed by atoms with Crippen molar-refractivity contribution in [1.29, 1.82) is 0 Å². The van der Waals surface area contributed by atoms with Gasteiger partial charge in [0, 0.05) is 55.4 Å². The van der Waals surface area contributed by atoms with Crippen molar-refractivity contribution in [3.8, 4) is 0 Å². The Bertz CT molecular complexity index is 718. The Balaban J connectivity index is 1.52. The summed E-state index contributed by atoms with van der Waals surface area (Å²) in [5.74, 6) is -1.89. The number of halogens is 2. The summed E-state index contributed by atoms with van der Waals surface area (Å²) < 4.78 is 28.9. The number of anilines is 1. The van der Waals surface area contributed by atoms with Gasteiger partial charge in [-0.05, 0) is 31.9 Å². The second kappa shape index (κ2) is 5.64. The second-order valence-corrected chi connectivity index (χ2v) is 7.68. The lowest BCUT2D eigenvalue weighted by atomic mass is 9.90. The van der Waals surface area contributed by atoms with Crippen molar-refractivity contribution >= 4 is 11.6 Å². The molecule has 0 aromatic heterocycles. The van der Waals surface area contributed by atoms with Crippen LogP contribution in [-0.4, -0.2) is 55.1 Å². The van der Waals surface area contributed by atoms with E-state index < -0.39 is 11.6 Å². The van der Waals surface area contributed by atoms with E-state index in [-0.39, 0.29) is 11.9 Å². The van der Waals surface area contributed by atoms with Gasteiger partial charge in [-0.2, -0.15) is 0 Å². The maximum Gasteiger partial charge on any atom is 0.254 e. The van der Waals surface area contributed by atoms with Crippen molar-refractivity contribution in [3.63, 3.8) is 0 Å². The van der Waals surface area contributed by atoms with Crippen molar-refractivity contribution in [2.45, 2.75) is 43.9 Å². The average molecular weight is 348 g/mol. The normalized spacial score (nSPS) is 31.1.